The number of nitrogens with one attached hydrogen (secondary N) is 5. The van der Waals surface area contributed by atoms with E-state index in [-0.39, 0.29) is 4.90 Å². The van der Waals surface area contributed by atoms with Crippen LogP contribution in [0.15, 0.2) is 29.2 Å². The second-order valence-corrected chi connectivity index (χ2v) is 4.76. The van der Waals surface area contributed by atoms with E-state index in [0.717, 1.165) is 12.1 Å². The van der Waals surface area contributed by atoms with Crippen LogP contribution in [-0.4, -0.2) is 14.7 Å². The van der Waals surface area contributed by atoms with Gasteiger partial charge < -0.3 is 0 Å². The summed E-state index contributed by atoms with van der Waals surface area (Å²) in [5.74, 6) is -0.487. The zero-order valence-corrected chi connectivity index (χ0v) is 8.81. The molecule has 7 nitrogen and oxygen atoms in total. The molecule has 1 fully saturated rings. The van der Waals surface area contributed by atoms with Crippen LogP contribution in [0.3, 0.4) is 0 Å². The minimum absolute atomic E-state index is 0.00981. The third-order valence-electron chi connectivity index (χ3n) is 1.89. The minimum Gasteiger partial charge on any atom is -0.211 e. The van der Waals surface area contributed by atoms with E-state index in [2.05, 4.69) is 26.6 Å². The van der Waals surface area contributed by atoms with Gasteiger partial charge in [0.15, 0.2) is 6.29 Å². The third kappa shape index (κ3) is 2.52. The number of hydrazine groups is 3. The lowest BCUT2D eigenvalue weighted by Crippen LogP contribution is -2.49. The Labute approximate surface area is 91.4 Å². The van der Waals surface area contributed by atoms with Crippen LogP contribution in [0.1, 0.15) is 0 Å². The van der Waals surface area contributed by atoms with Gasteiger partial charge in [-0.3, -0.25) is 0 Å². The Hall–Kier alpha value is -1.10. The molecule has 0 radical (unpaired) electrons. The quantitative estimate of drug-likeness (QED) is 0.446. The number of sulfonamides is 1. The van der Waals surface area contributed by atoms with Gasteiger partial charge in [-0.05, 0) is 24.3 Å². The van der Waals surface area contributed by atoms with Crippen molar-refractivity contribution in [2.75, 3.05) is 0 Å². The van der Waals surface area contributed by atoms with Gasteiger partial charge >= 0.3 is 0 Å². The summed E-state index contributed by atoms with van der Waals surface area (Å²) in [6.07, 6.45) is -0.685. The number of halogens is 1. The molecule has 0 spiro atoms. The van der Waals surface area contributed by atoms with Crippen molar-refractivity contribution in [2.24, 2.45) is 0 Å². The summed E-state index contributed by atoms with van der Waals surface area (Å²) in [6, 6.07) is 4.54. The highest BCUT2D eigenvalue weighted by Crippen LogP contribution is 2.09. The average Bonchev–Trinajstić information content (AvgIpc) is 2.70. The van der Waals surface area contributed by atoms with Gasteiger partial charge in [-0.15, -0.1) is 0 Å². The SMILES string of the molecule is O=S(=O)(NC1NNNN1)c1ccc(F)cc1. The molecule has 0 saturated carbocycles. The van der Waals surface area contributed by atoms with Crippen LogP contribution in [0.2, 0.25) is 0 Å². The molecule has 0 unspecified atom stereocenters. The molecule has 9 heteroatoms. The van der Waals surface area contributed by atoms with E-state index in [9.17, 15) is 12.8 Å². The minimum atomic E-state index is -3.68. The van der Waals surface area contributed by atoms with Crippen LogP contribution in [0.4, 0.5) is 4.39 Å². The summed E-state index contributed by atoms with van der Waals surface area (Å²) in [4.78, 5) is -0.00981. The Kier molecular flexibility index (Phi) is 3.14. The van der Waals surface area contributed by atoms with E-state index in [4.69, 9.17) is 0 Å². The third-order valence-corrected chi connectivity index (χ3v) is 3.33. The van der Waals surface area contributed by atoms with Gasteiger partial charge in [0.25, 0.3) is 0 Å². The summed E-state index contributed by atoms with van der Waals surface area (Å²) >= 11 is 0. The highest BCUT2D eigenvalue weighted by molar-refractivity contribution is 7.89. The van der Waals surface area contributed by atoms with E-state index in [1.807, 2.05) is 0 Å². The van der Waals surface area contributed by atoms with Crippen molar-refractivity contribution < 1.29 is 12.8 Å². The maximum atomic E-state index is 12.6. The topological polar surface area (TPSA) is 94.3 Å². The van der Waals surface area contributed by atoms with Crippen molar-refractivity contribution in [3.63, 3.8) is 0 Å². The normalized spacial score (nSPS) is 17.8. The highest BCUT2D eigenvalue weighted by atomic mass is 32.2. The van der Waals surface area contributed by atoms with Crippen LogP contribution in [0.25, 0.3) is 0 Å². The number of rotatable bonds is 3. The molecule has 0 aromatic heterocycles. The molecule has 88 valence electrons. The van der Waals surface area contributed by atoms with Gasteiger partial charge in [-0.25, -0.2) is 23.7 Å². The van der Waals surface area contributed by atoms with E-state index < -0.39 is 22.1 Å². The van der Waals surface area contributed by atoms with Crippen LogP contribution in [0.5, 0.6) is 0 Å². The fraction of sp³-hybridized carbons (Fsp3) is 0.143. The molecule has 16 heavy (non-hydrogen) atoms. The molecule has 2 rings (SSSR count). The van der Waals surface area contributed by atoms with Gasteiger partial charge in [0, 0.05) is 0 Å². The van der Waals surface area contributed by atoms with Gasteiger partial charge in [0.1, 0.15) is 5.82 Å². The predicted octanol–water partition coefficient (Wildman–Crippen LogP) is -1.50. The fourth-order valence-corrected chi connectivity index (χ4v) is 2.21. The summed E-state index contributed by atoms with van der Waals surface area (Å²) in [6.45, 7) is 0. The van der Waals surface area contributed by atoms with Crippen molar-refractivity contribution in [2.45, 2.75) is 11.2 Å². The Morgan fingerprint density at radius 3 is 2.25 bits per heavy atom. The standard InChI is InChI=1S/C7H10FN5O2S/c8-5-1-3-6(4-2-5)16(14,15)11-7-9-12-13-10-7/h1-4,7,9-13H. The van der Waals surface area contributed by atoms with Crippen LogP contribution in [-0.2, 0) is 10.0 Å². The lowest BCUT2D eigenvalue weighted by Gasteiger charge is -2.11. The molecule has 0 amide bonds. The molecular weight excluding hydrogens is 237 g/mol. The van der Waals surface area contributed by atoms with E-state index in [0.29, 0.717) is 0 Å². The van der Waals surface area contributed by atoms with Crippen molar-refractivity contribution >= 4 is 10.0 Å². The molecule has 1 aromatic rings. The highest BCUT2D eigenvalue weighted by Gasteiger charge is 2.21. The summed E-state index contributed by atoms with van der Waals surface area (Å²) in [5.41, 5.74) is 10.0. The molecular formula is C7H10FN5O2S. The zero-order chi connectivity index (χ0) is 11.6. The van der Waals surface area contributed by atoms with E-state index in [1.54, 1.807) is 0 Å². The van der Waals surface area contributed by atoms with Crippen molar-refractivity contribution in [1.29, 1.82) is 0 Å². The fourth-order valence-electron chi connectivity index (χ4n) is 1.15. The summed E-state index contributed by atoms with van der Waals surface area (Å²) in [5, 5.41) is 0. The van der Waals surface area contributed by atoms with Gasteiger partial charge in [0.2, 0.25) is 10.0 Å². The van der Waals surface area contributed by atoms with E-state index in [1.165, 1.54) is 12.1 Å². The van der Waals surface area contributed by atoms with Gasteiger partial charge in [0.05, 0.1) is 4.90 Å². The first kappa shape index (κ1) is 11.4. The van der Waals surface area contributed by atoms with E-state index >= 15 is 0 Å². The number of hydrogen-bond acceptors (Lipinski definition) is 6. The van der Waals surface area contributed by atoms with Crippen molar-refractivity contribution in [3.05, 3.63) is 30.1 Å². The molecule has 1 heterocycles. The summed E-state index contributed by atoms with van der Waals surface area (Å²) < 4.78 is 38.4. The first-order valence-corrected chi connectivity index (χ1v) is 5.85. The number of hydrogen-bond donors (Lipinski definition) is 5. The Bertz CT molecular complexity index is 456. The maximum absolute atomic E-state index is 12.6. The molecule has 1 saturated heterocycles. The lowest BCUT2D eigenvalue weighted by molar-refractivity contribution is 0.481. The molecule has 0 atom stereocenters. The smallest absolute Gasteiger partial charge is 0.211 e. The van der Waals surface area contributed by atoms with Crippen LogP contribution >= 0.6 is 0 Å². The molecule has 5 N–H and O–H groups in total. The Morgan fingerprint density at radius 2 is 1.69 bits per heavy atom. The van der Waals surface area contributed by atoms with Crippen LogP contribution < -0.4 is 26.6 Å². The second kappa shape index (κ2) is 4.41. The average molecular weight is 247 g/mol. The largest absolute Gasteiger partial charge is 0.243 e. The Morgan fingerprint density at radius 1 is 1.12 bits per heavy atom. The van der Waals surface area contributed by atoms with Gasteiger partial charge in [-0.1, -0.05) is 0 Å². The van der Waals surface area contributed by atoms with Gasteiger partial charge in [-0.2, -0.15) is 15.8 Å². The zero-order valence-electron chi connectivity index (χ0n) is 7.99. The first-order chi connectivity index (χ1) is 7.58. The van der Waals surface area contributed by atoms with Crippen molar-refractivity contribution in [1.82, 2.24) is 26.6 Å². The molecule has 0 aliphatic carbocycles. The molecule has 1 aromatic carbocycles. The first-order valence-electron chi connectivity index (χ1n) is 4.37. The monoisotopic (exact) mass is 247 g/mol. The Balaban J connectivity index is 2.14. The molecule has 1 aliphatic heterocycles. The van der Waals surface area contributed by atoms with Crippen LogP contribution in [0, 0.1) is 5.82 Å². The lowest BCUT2D eigenvalue weighted by atomic mass is 10.4. The van der Waals surface area contributed by atoms with Crippen molar-refractivity contribution in [3.8, 4) is 0 Å². The molecule has 1 aliphatic rings. The predicted molar refractivity (Wildman–Crippen MR) is 53.1 cm³/mol. The second-order valence-electron chi connectivity index (χ2n) is 3.05. The molecule has 0 bridgehead atoms. The summed E-state index contributed by atoms with van der Waals surface area (Å²) in [7, 11) is -3.68. The maximum Gasteiger partial charge on any atom is 0.243 e. The number of benzene rings is 1.